The monoisotopic (exact) mass is 369 g/mol. The molecular weight excluding hydrogens is 355 g/mol. The molecule has 0 bridgehead atoms. The molecule has 4 aromatic rings. The lowest BCUT2D eigenvalue weighted by atomic mass is 10.1. The summed E-state index contributed by atoms with van der Waals surface area (Å²) >= 11 is 0. The highest BCUT2D eigenvalue weighted by atomic mass is 19.4. The molecule has 136 valence electrons. The van der Waals surface area contributed by atoms with Gasteiger partial charge in [-0.1, -0.05) is 30.3 Å². The van der Waals surface area contributed by atoms with Crippen molar-refractivity contribution in [3.8, 4) is 34.0 Å². The number of nitrogens with zero attached hydrogens (tertiary/aromatic N) is 4. The van der Waals surface area contributed by atoms with Gasteiger partial charge in [-0.05, 0) is 23.8 Å². The predicted octanol–water partition coefficient (Wildman–Crippen LogP) is 4.56. The van der Waals surface area contributed by atoms with E-state index in [1.807, 2.05) is 30.3 Å². The second-order valence-corrected chi connectivity index (χ2v) is 5.98. The van der Waals surface area contributed by atoms with E-state index in [9.17, 15) is 13.2 Å². The van der Waals surface area contributed by atoms with Crippen LogP contribution in [0.5, 0.6) is 0 Å². The van der Waals surface area contributed by atoms with Crippen LogP contribution in [0.25, 0.3) is 34.0 Å². The molecule has 0 fully saturated rings. The number of aryl methyl sites for hydroxylation is 1. The minimum absolute atomic E-state index is 0.348. The Bertz CT molecular complexity index is 1080. The van der Waals surface area contributed by atoms with E-state index in [0.717, 1.165) is 17.3 Å². The van der Waals surface area contributed by atoms with Crippen molar-refractivity contribution < 1.29 is 13.2 Å². The van der Waals surface area contributed by atoms with E-state index in [4.69, 9.17) is 0 Å². The summed E-state index contributed by atoms with van der Waals surface area (Å²) < 4.78 is 39.9. The summed E-state index contributed by atoms with van der Waals surface area (Å²) in [5.74, 6) is 0.536. The number of imidazole rings is 1. The first-order chi connectivity index (χ1) is 12.9. The number of aromatic amines is 1. The molecule has 0 aliphatic carbocycles. The molecule has 0 unspecified atom stereocenters. The van der Waals surface area contributed by atoms with E-state index in [-0.39, 0.29) is 0 Å². The number of alkyl halides is 3. The number of hydrogen-bond acceptors (Lipinski definition) is 3. The Kier molecular flexibility index (Phi) is 4.02. The van der Waals surface area contributed by atoms with Gasteiger partial charge < -0.3 is 4.98 Å². The van der Waals surface area contributed by atoms with E-state index < -0.39 is 11.9 Å². The van der Waals surface area contributed by atoms with Crippen molar-refractivity contribution >= 4 is 0 Å². The van der Waals surface area contributed by atoms with Crippen molar-refractivity contribution in [3.05, 3.63) is 66.6 Å². The zero-order chi connectivity index (χ0) is 19.0. The number of rotatable bonds is 3. The molecular formula is C19H14F3N5. The van der Waals surface area contributed by atoms with E-state index in [2.05, 4.69) is 20.1 Å². The van der Waals surface area contributed by atoms with Gasteiger partial charge in [0.15, 0.2) is 11.5 Å². The maximum Gasteiger partial charge on any atom is 0.435 e. The maximum absolute atomic E-state index is 12.9. The Labute approximate surface area is 152 Å². The van der Waals surface area contributed by atoms with Gasteiger partial charge in [-0.2, -0.15) is 18.3 Å². The lowest BCUT2D eigenvalue weighted by Crippen LogP contribution is -2.06. The topological polar surface area (TPSA) is 59.4 Å². The van der Waals surface area contributed by atoms with Crippen LogP contribution in [0.2, 0.25) is 0 Å². The number of hydrogen-bond donors (Lipinski definition) is 1. The van der Waals surface area contributed by atoms with Gasteiger partial charge in [0.05, 0.1) is 17.6 Å². The summed E-state index contributed by atoms with van der Waals surface area (Å²) in [6, 6.07) is 14.0. The van der Waals surface area contributed by atoms with Crippen LogP contribution in [0.3, 0.4) is 0 Å². The van der Waals surface area contributed by atoms with Gasteiger partial charge in [0.25, 0.3) is 0 Å². The molecule has 0 saturated heterocycles. The highest BCUT2D eigenvalue weighted by molar-refractivity contribution is 5.68. The summed E-state index contributed by atoms with van der Waals surface area (Å²) in [5, 5.41) is 3.55. The van der Waals surface area contributed by atoms with Crippen LogP contribution in [0.4, 0.5) is 13.2 Å². The number of H-pyrrole nitrogens is 1. The van der Waals surface area contributed by atoms with Gasteiger partial charge in [0.1, 0.15) is 5.69 Å². The van der Waals surface area contributed by atoms with Gasteiger partial charge in [0, 0.05) is 18.8 Å². The van der Waals surface area contributed by atoms with Crippen molar-refractivity contribution in [3.63, 3.8) is 0 Å². The highest BCUT2D eigenvalue weighted by Crippen LogP contribution is 2.32. The summed E-state index contributed by atoms with van der Waals surface area (Å²) in [5.41, 5.74) is 2.34. The van der Waals surface area contributed by atoms with E-state index >= 15 is 0 Å². The first kappa shape index (κ1) is 17.0. The van der Waals surface area contributed by atoms with Crippen molar-refractivity contribution in [2.75, 3.05) is 0 Å². The molecule has 0 aliphatic heterocycles. The average Bonchev–Trinajstić information content (AvgIpc) is 3.29. The molecule has 0 aliphatic rings. The number of benzene rings is 1. The molecule has 0 radical (unpaired) electrons. The minimum atomic E-state index is -4.49. The number of halogens is 3. The smallest absolute Gasteiger partial charge is 0.337 e. The largest absolute Gasteiger partial charge is 0.435 e. The minimum Gasteiger partial charge on any atom is -0.337 e. The van der Waals surface area contributed by atoms with Crippen molar-refractivity contribution in [1.29, 1.82) is 0 Å². The summed E-state index contributed by atoms with van der Waals surface area (Å²) in [6.45, 7) is 0. The fraction of sp³-hybridized carbons (Fsp3) is 0.105. The molecule has 5 nitrogen and oxygen atoms in total. The SMILES string of the molecule is Cn1nc(C(F)(F)F)cc1-c1ccnc(-c2ncc(-c3ccccc3)[nH]2)c1. The molecule has 0 saturated carbocycles. The summed E-state index contributed by atoms with van der Waals surface area (Å²) in [6.07, 6.45) is -1.25. The lowest BCUT2D eigenvalue weighted by Gasteiger charge is -2.03. The van der Waals surface area contributed by atoms with Gasteiger partial charge in [-0.3, -0.25) is 9.67 Å². The van der Waals surface area contributed by atoms with Crippen LogP contribution in [-0.4, -0.2) is 24.7 Å². The average molecular weight is 369 g/mol. The third kappa shape index (κ3) is 3.33. The molecule has 8 heteroatoms. The molecule has 0 atom stereocenters. The highest BCUT2D eigenvalue weighted by Gasteiger charge is 2.34. The molecule has 3 heterocycles. The van der Waals surface area contributed by atoms with Crippen molar-refractivity contribution in [1.82, 2.24) is 24.7 Å². The summed E-state index contributed by atoms with van der Waals surface area (Å²) in [7, 11) is 1.48. The fourth-order valence-corrected chi connectivity index (χ4v) is 2.81. The number of aromatic nitrogens is 5. The molecule has 1 aromatic carbocycles. The maximum atomic E-state index is 12.9. The molecule has 27 heavy (non-hydrogen) atoms. The Morgan fingerprint density at radius 1 is 0.963 bits per heavy atom. The van der Waals surface area contributed by atoms with Crippen LogP contribution in [-0.2, 0) is 13.2 Å². The first-order valence-corrected chi connectivity index (χ1v) is 8.10. The van der Waals surface area contributed by atoms with Gasteiger partial charge in [-0.15, -0.1) is 0 Å². The zero-order valence-electron chi connectivity index (χ0n) is 14.2. The van der Waals surface area contributed by atoms with Crippen LogP contribution in [0.1, 0.15) is 5.69 Å². The third-order valence-corrected chi connectivity index (χ3v) is 4.13. The predicted molar refractivity (Wildman–Crippen MR) is 94.5 cm³/mol. The van der Waals surface area contributed by atoms with Crippen LogP contribution in [0, 0.1) is 0 Å². The van der Waals surface area contributed by atoms with Gasteiger partial charge in [0.2, 0.25) is 0 Å². The third-order valence-electron chi connectivity index (χ3n) is 4.13. The second-order valence-electron chi connectivity index (χ2n) is 5.98. The number of nitrogens with one attached hydrogen (secondary N) is 1. The molecule has 0 spiro atoms. The van der Waals surface area contributed by atoms with Crippen LogP contribution in [0.15, 0.2) is 60.9 Å². The molecule has 3 aromatic heterocycles. The van der Waals surface area contributed by atoms with E-state index in [0.29, 0.717) is 22.8 Å². The van der Waals surface area contributed by atoms with Crippen LogP contribution >= 0.6 is 0 Å². The first-order valence-electron chi connectivity index (χ1n) is 8.10. The van der Waals surface area contributed by atoms with Gasteiger partial charge >= 0.3 is 6.18 Å². The Hall–Kier alpha value is -3.42. The van der Waals surface area contributed by atoms with E-state index in [1.165, 1.54) is 17.9 Å². The molecule has 0 amide bonds. The second kappa shape index (κ2) is 6.39. The Balaban J connectivity index is 1.70. The quantitative estimate of drug-likeness (QED) is 0.576. The van der Waals surface area contributed by atoms with Crippen molar-refractivity contribution in [2.24, 2.45) is 7.05 Å². The fourth-order valence-electron chi connectivity index (χ4n) is 2.81. The molecule has 4 rings (SSSR count). The Morgan fingerprint density at radius 2 is 1.74 bits per heavy atom. The van der Waals surface area contributed by atoms with Crippen molar-refractivity contribution in [2.45, 2.75) is 6.18 Å². The summed E-state index contributed by atoms with van der Waals surface area (Å²) in [4.78, 5) is 11.8. The normalized spacial score (nSPS) is 11.7. The van der Waals surface area contributed by atoms with Gasteiger partial charge in [-0.25, -0.2) is 4.98 Å². The molecule has 1 N–H and O–H groups in total. The van der Waals surface area contributed by atoms with E-state index in [1.54, 1.807) is 18.3 Å². The number of pyridine rings is 1. The zero-order valence-corrected chi connectivity index (χ0v) is 14.2. The lowest BCUT2D eigenvalue weighted by molar-refractivity contribution is -0.141. The van der Waals surface area contributed by atoms with Crippen LogP contribution < -0.4 is 0 Å². The Morgan fingerprint density at radius 3 is 2.44 bits per heavy atom. The standard InChI is InChI=1S/C19H14F3N5/c1-27-16(10-17(26-27)19(20,21)22)13-7-8-23-14(9-13)18-24-11-15(25-18)12-5-3-2-4-6-12/h2-11H,1H3,(H,24,25).